The van der Waals surface area contributed by atoms with Crippen LogP contribution in [0.3, 0.4) is 0 Å². The van der Waals surface area contributed by atoms with Crippen molar-refractivity contribution < 1.29 is 31.4 Å². The molecule has 53 heavy (non-hydrogen) atoms. The van der Waals surface area contributed by atoms with E-state index in [9.17, 15) is 5.53 Å². The molecule has 0 saturated carbocycles. The van der Waals surface area contributed by atoms with E-state index in [4.69, 9.17) is 10.2 Å². The van der Waals surface area contributed by atoms with Gasteiger partial charge in [-0.3, -0.25) is 0 Å². The Morgan fingerprint density at radius 1 is 0.434 bits per heavy atom. The molecule has 5 heteroatoms. The average molecular weight is 760 g/mol. The van der Waals surface area contributed by atoms with Gasteiger partial charge in [-0.15, -0.1) is 0 Å². The van der Waals surface area contributed by atoms with Gasteiger partial charge in [0.15, 0.2) is 0 Å². The summed E-state index contributed by atoms with van der Waals surface area (Å²) in [7, 11) is 0. The first-order chi connectivity index (χ1) is 25.4. The quantitative estimate of drug-likeness (QED) is 0.0603. The number of rotatable bonds is 18. The standard InChI is InChI=1S/C36H52N2.2C6H6O.Ni/c1-5-9-13-14-15-16-26-34-33(25-12-8-4)35(31-23-17-21-29(27-31)19-10-6-2)38(37)36(34)32-24-18-22-30(28-32)20-11-7-3;2*7-6-4-2-1-3-5-6;/h17-18,21-24,27-28H,5-16,19-20,25-26H2,1-4H3;2*1-5,7H;. The summed E-state index contributed by atoms with van der Waals surface area (Å²) in [6.07, 6.45) is 19.1. The molecule has 5 rings (SSSR count). The van der Waals surface area contributed by atoms with E-state index in [2.05, 4.69) is 76.2 Å². The van der Waals surface area contributed by atoms with Gasteiger partial charge < -0.3 is 15.7 Å². The van der Waals surface area contributed by atoms with Crippen molar-refractivity contribution in [2.75, 3.05) is 0 Å². The Kier molecular flexibility index (Phi) is 22.8. The molecule has 1 heterocycles. The van der Waals surface area contributed by atoms with Crippen molar-refractivity contribution in [3.63, 3.8) is 0 Å². The fourth-order valence-electron chi connectivity index (χ4n) is 6.59. The largest absolute Gasteiger partial charge is 0.508 e. The Hall–Kier alpha value is -3.95. The summed E-state index contributed by atoms with van der Waals surface area (Å²) < 4.78 is 1.56. The third-order valence-electron chi connectivity index (χ3n) is 9.47. The number of phenolic OH excluding ortho intramolecular Hbond substituents is 2. The van der Waals surface area contributed by atoms with Gasteiger partial charge in [-0.25, -0.2) is 4.70 Å². The molecule has 0 aliphatic carbocycles. The van der Waals surface area contributed by atoms with Crippen molar-refractivity contribution in [2.24, 2.45) is 0 Å². The zero-order valence-electron chi connectivity index (χ0n) is 32.8. The van der Waals surface area contributed by atoms with E-state index < -0.39 is 0 Å². The maximum Gasteiger partial charge on any atom is 0.211 e. The summed E-state index contributed by atoms with van der Waals surface area (Å²) in [4.78, 5) is 0. The number of allylic oxidation sites excluding steroid dienone is 2. The van der Waals surface area contributed by atoms with Gasteiger partial charge in [0.1, 0.15) is 11.5 Å². The van der Waals surface area contributed by atoms with Crippen LogP contribution in [0.15, 0.2) is 120 Å². The molecule has 0 fully saturated rings. The second-order valence-electron chi connectivity index (χ2n) is 13.9. The molecule has 0 radical (unpaired) electrons. The normalized spacial score (nSPS) is 12.1. The summed E-state index contributed by atoms with van der Waals surface area (Å²) >= 11 is 0. The molecule has 1 aliphatic rings. The first-order valence-corrected chi connectivity index (χ1v) is 20.1. The second kappa shape index (κ2) is 26.8. The molecule has 1 aliphatic heterocycles. The number of aromatic hydroxyl groups is 2. The Labute approximate surface area is 331 Å². The third-order valence-corrected chi connectivity index (χ3v) is 9.47. The zero-order valence-corrected chi connectivity index (χ0v) is 33.8. The van der Waals surface area contributed by atoms with Crippen LogP contribution in [-0.2, 0) is 29.3 Å². The van der Waals surface area contributed by atoms with Gasteiger partial charge in [0.2, 0.25) is 11.4 Å². The number of hydrogen-bond acceptors (Lipinski definition) is 2. The number of hydrogen-bond donors (Lipinski definition) is 2. The minimum atomic E-state index is 0. The molecule has 4 nitrogen and oxygen atoms in total. The van der Waals surface area contributed by atoms with Crippen LogP contribution in [0.2, 0.25) is 0 Å². The van der Waals surface area contributed by atoms with Gasteiger partial charge >= 0.3 is 0 Å². The van der Waals surface area contributed by atoms with Crippen molar-refractivity contribution >= 4 is 11.4 Å². The molecule has 0 saturated heterocycles. The van der Waals surface area contributed by atoms with Crippen molar-refractivity contribution in [3.05, 3.63) is 148 Å². The zero-order chi connectivity index (χ0) is 37.4. The van der Waals surface area contributed by atoms with Crippen LogP contribution in [0.4, 0.5) is 0 Å². The molecule has 0 bridgehead atoms. The number of aryl methyl sites for hydroxylation is 2. The molecule has 0 unspecified atom stereocenters. The molecule has 0 amide bonds. The Morgan fingerprint density at radius 2 is 0.811 bits per heavy atom. The number of nitrogens with zero attached hydrogens (tertiary/aromatic N) is 2. The Bertz CT molecular complexity index is 1630. The van der Waals surface area contributed by atoms with Crippen LogP contribution in [-0.4, -0.2) is 14.9 Å². The fourth-order valence-corrected chi connectivity index (χ4v) is 6.59. The monoisotopic (exact) mass is 758 g/mol. The number of unbranched alkanes of at least 4 members (excludes halogenated alkanes) is 8. The SMILES string of the molecule is CCCCCCCCC1=C(c2cccc(CCCC)c2)[N+](=[N-])C(c2cccc(CCCC)c2)=C1CCCC.Oc1ccccc1.Oc1ccccc1.[Ni]. The molecular formula is C48H64N2NiO2. The smallest absolute Gasteiger partial charge is 0.211 e. The van der Waals surface area contributed by atoms with Crippen molar-refractivity contribution in [2.45, 2.75) is 130 Å². The van der Waals surface area contributed by atoms with E-state index in [0.29, 0.717) is 11.5 Å². The third kappa shape index (κ3) is 15.9. The molecule has 0 aromatic heterocycles. The van der Waals surface area contributed by atoms with E-state index in [0.717, 1.165) is 61.0 Å². The molecule has 2 N–H and O–H groups in total. The molecule has 0 spiro atoms. The van der Waals surface area contributed by atoms with E-state index in [1.54, 1.807) is 53.2 Å². The topological polar surface area (TPSA) is 65.8 Å². The van der Waals surface area contributed by atoms with E-state index in [-0.39, 0.29) is 16.5 Å². The first kappa shape index (κ1) is 45.2. The fraction of sp³-hybridized carbons (Fsp3) is 0.417. The van der Waals surface area contributed by atoms with Crippen LogP contribution in [0, 0.1) is 0 Å². The summed E-state index contributed by atoms with van der Waals surface area (Å²) in [5, 5.41) is 17.3. The van der Waals surface area contributed by atoms with E-state index in [1.807, 2.05) is 12.1 Å². The van der Waals surface area contributed by atoms with Crippen molar-refractivity contribution in [3.8, 4) is 11.5 Å². The average Bonchev–Trinajstić information content (AvgIpc) is 3.45. The minimum absolute atomic E-state index is 0. The molecule has 4 aromatic carbocycles. The summed E-state index contributed by atoms with van der Waals surface area (Å²) in [5.74, 6) is 0.644. The number of benzene rings is 4. The summed E-state index contributed by atoms with van der Waals surface area (Å²) in [6, 6.07) is 35.3. The van der Waals surface area contributed by atoms with Gasteiger partial charge in [0.05, 0.1) is 0 Å². The summed E-state index contributed by atoms with van der Waals surface area (Å²) in [5.41, 5.74) is 21.8. The summed E-state index contributed by atoms with van der Waals surface area (Å²) in [6.45, 7) is 9.05. The van der Waals surface area contributed by atoms with Crippen LogP contribution in [0.1, 0.15) is 140 Å². The molecule has 4 aromatic rings. The van der Waals surface area contributed by atoms with Gasteiger partial charge in [-0.2, -0.15) is 0 Å². The van der Waals surface area contributed by atoms with Crippen LogP contribution < -0.4 is 0 Å². The maximum atomic E-state index is 11.9. The van der Waals surface area contributed by atoms with Gasteiger partial charge in [0.25, 0.3) is 0 Å². The van der Waals surface area contributed by atoms with Gasteiger partial charge in [-0.05, 0) is 111 Å². The predicted octanol–water partition coefficient (Wildman–Crippen LogP) is 14.3. The van der Waals surface area contributed by atoms with E-state index in [1.165, 1.54) is 86.5 Å². The van der Waals surface area contributed by atoms with Crippen LogP contribution >= 0.6 is 0 Å². The predicted molar refractivity (Wildman–Crippen MR) is 221 cm³/mol. The maximum absolute atomic E-state index is 11.9. The Balaban J connectivity index is 0.000000535. The molecular weight excluding hydrogens is 695 g/mol. The van der Waals surface area contributed by atoms with Gasteiger partial charge in [0, 0.05) is 38.8 Å². The first-order valence-electron chi connectivity index (χ1n) is 20.1. The minimum Gasteiger partial charge on any atom is -0.508 e. The molecule has 0 atom stereocenters. The number of para-hydroxylation sites is 2. The van der Waals surface area contributed by atoms with Crippen molar-refractivity contribution in [1.82, 2.24) is 0 Å². The van der Waals surface area contributed by atoms with Crippen LogP contribution in [0.25, 0.3) is 16.9 Å². The number of phenols is 2. The van der Waals surface area contributed by atoms with Crippen molar-refractivity contribution in [1.29, 1.82) is 0 Å². The molecule has 288 valence electrons. The van der Waals surface area contributed by atoms with Gasteiger partial charge in [-0.1, -0.05) is 140 Å². The van der Waals surface area contributed by atoms with Crippen LogP contribution in [0.5, 0.6) is 11.5 Å². The Morgan fingerprint density at radius 3 is 1.21 bits per heavy atom. The second-order valence-corrected chi connectivity index (χ2v) is 13.9. The van der Waals surface area contributed by atoms with E-state index >= 15 is 0 Å².